The van der Waals surface area contributed by atoms with Crippen LogP contribution in [0.15, 0.2) is 42.5 Å². The molecule has 0 amide bonds. The van der Waals surface area contributed by atoms with Gasteiger partial charge in [-0.3, -0.25) is 9.59 Å². The molecule has 2 nitrogen and oxygen atoms in total. The molecule has 0 heterocycles. The largest absolute Gasteiger partial charge is 0.298 e. The van der Waals surface area contributed by atoms with Crippen molar-refractivity contribution in [3.8, 4) is 11.1 Å². The van der Waals surface area contributed by atoms with Crippen molar-refractivity contribution in [1.82, 2.24) is 0 Å². The minimum atomic E-state index is 0.476. The van der Waals surface area contributed by atoms with Crippen LogP contribution in [0.5, 0.6) is 0 Å². The molecule has 0 bridgehead atoms. The Morgan fingerprint density at radius 3 is 2.00 bits per heavy atom. The first-order chi connectivity index (χ1) is 8.22. The van der Waals surface area contributed by atoms with E-state index in [1.807, 2.05) is 12.1 Å². The minimum Gasteiger partial charge on any atom is -0.298 e. The molecule has 17 heavy (non-hydrogen) atoms. The van der Waals surface area contributed by atoms with Crippen LogP contribution < -0.4 is 0 Å². The highest BCUT2D eigenvalue weighted by Gasteiger charge is 2.03. The number of carbonyl (C=O) groups excluding carboxylic acids is 2. The van der Waals surface area contributed by atoms with E-state index in [1.165, 1.54) is 0 Å². The van der Waals surface area contributed by atoms with Crippen LogP contribution in [0.3, 0.4) is 0 Å². The second kappa shape index (κ2) is 4.93. The molecular formula is C14H9ClO2. The average molecular weight is 245 g/mol. The normalized spacial score (nSPS) is 9.94. The van der Waals surface area contributed by atoms with Crippen molar-refractivity contribution in [2.24, 2.45) is 0 Å². The molecule has 0 spiro atoms. The Morgan fingerprint density at radius 1 is 0.824 bits per heavy atom. The molecule has 2 aromatic rings. The fraction of sp³-hybridized carbons (Fsp3) is 0. The molecule has 0 N–H and O–H groups in total. The quantitative estimate of drug-likeness (QED) is 0.773. The molecule has 0 aromatic heterocycles. The van der Waals surface area contributed by atoms with E-state index in [0.717, 1.165) is 23.7 Å². The van der Waals surface area contributed by atoms with Crippen LogP contribution in [-0.4, -0.2) is 12.6 Å². The van der Waals surface area contributed by atoms with Gasteiger partial charge in [-0.25, -0.2) is 0 Å². The summed E-state index contributed by atoms with van der Waals surface area (Å²) in [5.41, 5.74) is 2.64. The summed E-state index contributed by atoms with van der Waals surface area (Å²) in [6.45, 7) is 0. The van der Waals surface area contributed by atoms with Gasteiger partial charge in [0, 0.05) is 16.1 Å². The van der Waals surface area contributed by atoms with Gasteiger partial charge in [0.1, 0.15) is 12.6 Å². The van der Waals surface area contributed by atoms with Crippen LogP contribution in [0.2, 0.25) is 5.02 Å². The van der Waals surface area contributed by atoms with Crippen molar-refractivity contribution in [3.63, 3.8) is 0 Å². The lowest BCUT2D eigenvalue weighted by Crippen LogP contribution is -1.88. The van der Waals surface area contributed by atoms with Crippen LogP contribution in [0.4, 0.5) is 0 Å². The smallest absolute Gasteiger partial charge is 0.150 e. The van der Waals surface area contributed by atoms with E-state index in [2.05, 4.69) is 0 Å². The summed E-state index contributed by atoms with van der Waals surface area (Å²) in [5.74, 6) is 0. The SMILES string of the molecule is O=Cc1cc(C=O)cc(-c2cccc(Cl)c2)c1. The van der Waals surface area contributed by atoms with Gasteiger partial charge < -0.3 is 0 Å². The predicted molar refractivity (Wildman–Crippen MR) is 67.7 cm³/mol. The first kappa shape index (κ1) is 11.6. The molecule has 2 rings (SSSR count). The molecule has 0 fully saturated rings. The number of benzene rings is 2. The number of halogens is 1. The first-order valence-corrected chi connectivity index (χ1v) is 5.42. The third-order valence-corrected chi connectivity index (χ3v) is 2.64. The van der Waals surface area contributed by atoms with Gasteiger partial charge in [-0.15, -0.1) is 0 Å². The summed E-state index contributed by atoms with van der Waals surface area (Å²) < 4.78 is 0. The maximum Gasteiger partial charge on any atom is 0.150 e. The summed E-state index contributed by atoms with van der Waals surface area (Å²) in [5, 5.41) is 0.617. The maximum absolute atomic E-state index is 10.8. The van der Waals surface area contributed by atoms with Crippen LogP contribution in [0.25, 0.3) is 11.1 Å². The Balaban J connectivity index is 2.58. The minimum absolute atomic E-state index is 0.476. The first-order valence-electron chi connectivity index (χ1n) is 5.04. The molecule has 0 aliphatic carbocycles. The van der Waals surface area contributed by atoms with Crippen molar-refractivity contribution < 1.29 is 9.59 Å². The molecule has 0 unspecified atom stereocenters. The van der Waals surface area contributed by atoms with E-state index in [0.29, 0.717) is 16.1 Å². The Morgan fingerprint density at radius 2 is 1.47 bits per heavy atom. The van der Waals surface area contributed by atoms with Gasteiger partial charge in [-0.1, -0.05) is 23.7 Å². The Kier molecular flexibility index (Phi) is 3.35. The molecular weight excluding hydrogens is 236 g/mol. The molecule has 0 saturated heterocycles. The summed E-state index contributed by atoms with van der Waals surface area (Å²) in [6.07, 6.45) is 1.45. The van der Waals surface area contributed by atoms with Crippen molar-refractivity contribution in [3.05, 3.63) is 58.6 Å². The molecule has 0 aliphatic rings. The van der Waals surface area contributed by atoms with E-state index in [1.54, 1.807) is 30.3 Å². The van der Waals surface area contributed by atoms with Crippen LogP contribution in [0, 0.1) is 0 Å². The summed E-state index contributed by atoms with van der Waals surface area (Å²) >= 11 is 5.90. The number of hydrogen-bond donors (Lipinski definition) is 0. The molecule has 0 aliphatic heterocycles. The van der Waals surface area contributed by atoms with Crippen LogP contribution in [-0.2, 0) is 0 Å². The average Bonchev–Trinajstić information content (AvgIpc) is 2.38. The lowest BCUT2D eigenvalue weighted by atomic mass is 10.0. The highest BCUT2D eigenvalue weighted by molar-refractivity contribution is 6.30. The van der Waals surface area contributed by atoms with Crippen molar-refractivity contribution in [2.75, 3.05) is 0 Å². The second-order valence-electron chi connectivity index (χ2n) is 3.63. The highest BCUT2D eigenvalue weighted by atomic mass is 35.5. The second-order valence-corrected chi connectivity index (χ2v) is 4.07. The van der Waals surface area contributed by atoms with Gasteiger partial charge in [0.05, 0.1) is 0 Å². The summed E-state index contributed by atoms with van der Waals surface area (Å²) in [6, 6.07) is 12.3. The third kappa shape index (κ3) is 2.60. The molecule has 0 atom stereocenters. The Hall–Kier alpha value is -1.93. The van der Waals surface area contributed by atoms with E-state index < -0.39 is 0 Å². The predicted octanol–water partition coefficient (Wildman–Crippen LogP) is 3.63. The monoisotopic (exact) mass is 244 g/mol. The van der Waals surface area contributed by atoms with E-state index in [-0.39, 0.29) is 0 Å². The fourth-order valence-electron chi connectivity index (χ4n) is 1.65. The maximum atomic E-state index is 10.8. The number of carbonyl (C=O) groups is 2. The van der Waals surface area contributed by atoms with Crippen molar-refractivity contribution >= 4 is 24.2 Å². The molecule has 2 aromatic carbocycles. The van der Waals surface area contributed by atoms with Gasteiger partial charge in [-0.05, 0) is 41.5 Å². The topological polar surface area (TPSA) is 34.1 Å². The number of hydrogen-bond acceptors (Lipinski definition) is 2. The number of aldehydes is 2. The van der Waals surface area contributed by atoms with Crippen LogP contribution >= 0.6 is 11.6 Å². The highest BCUT2D eigenvalue weighted by Crippen LogP contribution is 2.24. The lowest BCUT2D eigenvalue weighted by molar-refractivity contribution is 0.112. The lowest BCUT2D eigenvalue weighted by Gasteiger charge is -2.04. The zero-order chi connectivity index (χ0) is 12.3. The van der Waals surface area contributed by atoms with Crippen molar-refractivity contribution in [1.29, 1.82) is 0 Å². The standard InChI is InChI=1S/C14H9ClO2/c15-14-3-1-2-12(7-14)13-5-10(8-16)4-11(6-13)9-17/h1-9H. The van der Waals surface area contributed by atoms with Gasteiger partial charge in [0.15, 0.2) is 0 Å². The molecule has 3 heteroatoms. The number of rotatable bonds is 3. The Labute approximate surface area is 104 Å². The van der Waals surface area contributed by atoms with E-state index in [9.17, 15) is 9.59 Å². The molecule has 84 valence electrons. The van der Waals surface area contributed by atoms with Gasteiger partial charge in [0.2, 0.25) is 0 Å². The van der Waals surface area contributed by atoms with Gasteiger partial charge >= 0.3 is 0 Å². The van der Waals surface area contributed by atoms with Gasteiger partial charge in [0.25, 0.3) is 0 Å². The van der Waals surface area contributed by atoms with Crippen LogP contribution in [0.1, 0.15) is 20.7 Å². The molecule has 0 saturated carbocycles. The zero-order valence-corrected chi connectivity index (χ0v) is 9.65. The third-order valence-electron chi connectivity index (χ3n) is 2.41. The fourth-order valence-corrected chi connectivity index (χ4v) is 1.84. The summed E-state index contributed by atoms with van der Waals surface area (Å²) in [7, 11) is 0. The van der Waals surface area contributed by atoms with E-state index >= 15 is 0 Å². The van der Waals surface area contributed by atoms with Crippen molar-refractivity contribution in [2.45, 2.75) is 0 Å². The van der Waals surface area contributed by atoms with E-state index in [4.69, 9.17) is 11.6 Å². The van der Waals surface area contributed by atoms with Gasteiger partial charge in [-0.2, -0.15) is 0 Å². The molecule has 0 radical (unpaired) electrons. The zero-order valence-electron chi connectivity index (χ0n) is 8.89. The Bertz CT molecular complexity index is 550. The summed E-state index contributed by atoms with van der Waals surface area (Å²) in [4.78, 5) is 21.6.